The van der Waals surface area contributed by atoms with Gasteiger partial charge in [0.05, 0.1) is 19.3 Å². The molecule has 1 saturated heterocycles. The molecule has 0 radical (unpaired) electrons. The molecule has 0 N–H and O–H groups in total. The monoisotopic (exact) mass is 212 g/mol. The lowest BCUT2D eigenvalue weighted by Gasteiger charge is -2.37. The Hall–Kier alpha value is -0.870. The molecule has 1 aliphatic heterocycles. The summed E-state index contributed by atoms with van der Waals surface area (Å²) in [6.45, 7) is 3.68. The van der Waals surface area contributed by atoms with Gasteiger partial charge in [-0.1, -0.05) is 6.08 Å². The van der Waals surface area contributed by atoms with Crippen LogP contribution in [0.15, 0.2) is 12.2 Å². The van der Waals surface area contributed by atoms with E-state index in [-0.39, 0.29) is 11.9 Å². The van der Waals surface area contributed by atoms with Crippen molar-refractivity contribution in [3.63, 3.8) is 0 Å². The first-order valence-electron chi connectivity index (χ1n) is 5.21. The molecule has 4 nitrogen and oxygen atoms in total. The molecular weight excluding hydrogens is 192 g/mol. The summed E-state index contributed by atoms with van der Waals surface area (Å²) < 4.78 is 5.13. The third-order valence-electron chi connectivity index (χ3n) is 2.80. The van der Waals surface area contributed by atoms with E-state index in [1.165, 1.54) is 0 Å². The fourth-order valence-corrected chi connectivity index (χ4v) is 1.30. The highest BCUT2D eigenvalue weighted by Crippen LogP contribution is 2.12. The van der Waals surface area contributed by atoms with Crippen LogP contribution in [0.5, 0.6) is 0 Å². The summed E-state index contributed by atoms with van der Waals surface area (Å²) in [5.74, 6) is 0.0279. The van der Waals surface area contributed by atoms with E-state index in [0.29, 0.717) is 6.04 Å². The number of rotatable bonds is 4. The predicted octanol–water partition coefficient (Wildman–Crippen LogP) is 0.350. The number of nitrogens with zero attached hydrogens (tertiary/aromatic N) is 2. The summed E-state index contributed by atoms with van der Waals surface area (Å²) in [7, 11) is 5.56. The quantitative estimate of drug-likeness (QED) is 0.630. The first kappa shape index (κ1) is 12.2. The topological polar surface area (TPSA) is 32.8 Å². The van der Waals surface area contributed by atoms with Crippen LogP contribution < -0.4 is 0 Å². The molecule has 1 unspecified atom stereocenters. The van der Waals surface area contributed by atoms with Crippen LogP contribution in [0.25, 0.3) is 0 Å². The van der Waals surface area contributed by atoms with E-state index < -0.39 is 0 Å². The summed E-state index contributed by atoms with van der Waals surface area (Å²) in [5, 5.41) is 0. The number of carbonyl (C=O) groups excluding carboxylic acids is 1. The Kier molecular flexibility index (Phi) is 4.29. The predicted molar refractivity (Wildman–Crippen MR) is 59.7 cm³/mol. The standard InChI is InChI=1S/C11H20N2O2/c1-9(5-6-11(14)12(2)3)13(4)10-7-15-8-10/h5-6,9-10H,7-8H2,1-4H3. The Morgan fingerprint density at radius 2 is 2.00 bits per heavy atom. The average Bonchev–Trinajstić information content (AvgIpc) is 2.10. The second-order valence-corrected chi connectivity index (χ2v) is 4.19. The Bertz CT molecular complexity index is 247. The Morgan fingerprint density at radius 3 is 2.40 bits per heavy atom. The van der Waals surface area contributed by atoms with Crippen LogP contribution in [0.4, 0.5) is 0 Å². The van der Waals surface area contributed by atoms with E-state index in [2.05, 4.69) is 18.9 Å². The zero-order valence-corrected chi connectivity index (χ0v) is 9.93. The molecule has 1 heterocycles. The summed E-state index contributed by atoms with van der Waals surface area (Å²) in [5.41, 5.74) is 0. The van der Waals surface area contributed by atoms with Crippen LogP contribution in [0.2, 0.25) is 0 Å². The highest BCUT2D eigenvalue weighted by atomic mass is 16.5. The van der Waals surface area contributed by atoms with Crippen LogP contribution >= 0.6 is 0 Å². The number of likely N-dealkylation sites (N-methyl/N-ethyl adjacent to an activating group) is 2. The van der Waals surface area contributed by atoms with Crippen molar-refractivity contribution < 1.29 is 9.53 Å². The normalized spacial score (nSPS) is 19.3. The minimum absolute atomic E-state index is 0.0279. The zero-order chi connectivity index (χ0) is 11.4. The molecule has 86 valence electrons. The lowest BCUT2D eigenvalue weighted by molar-refractivity contribution is -0.123. The zero-order valence-electron chi connectivity index (χ0n) is 9.93. The van der Waals surface area contributed by atoms with E-state index in [1.807, 2.05) is 6.08 Å². The fourth-order valence-electron chi connectivity index (χ4n) is 1.30. The van der Waals surface area contributed by atoms with Gasteiger partial charge in [0.25, 0.3) is 0 Å². The Morgan fingerprint density at radius 1 is 1.40 bits per heavy atom. The number of carbonyl (C=O) groups is 1. The summed E-state index contributed by atoms with van der Waals surface area (Å²) in [4.78, 5) is 15.1. The molecule has 0 aromatic heterocycles. The van der Waals surface area contributed by atoms with E-state index in [4.69, 9.17) is 4.74 Å². The highest BCUT2D eigenvalue weighted by Gasteiger charge is 2.25. The van der Waals surface area contributed by atoms with E-state index >= 15 is 0 Å². The molecule has 1 amide bonds. The van der Waals surface area contributed by atoms with Gasteiger partial charge in [-0.25, -0.2) is 0 Å². The average molecular weight is 212 g/mol. The maximum absolute atomic E-state index is 11.3. The second kappa shape index (κ2) is 5.28. The van der Waals surface area contributed by atoms with Crippen molar-refractivity contribution >= 4 is 5.91 Å². The number of amides is 1. The van der Waals surface area contributed by atoms with E-state index in [0.717, 1.165) is 13.2 Å². The van der Waals surface area contributed by atoms with Crippen LogP contribution in [-0.2, 0) is 9.53 Å². The van der Waals surface area contributed by atoms with Crippen LogP contribution in [0.3, 0.4) is 0 Å². The number of hydrogen-bond acceptors (Lipinski definition) is 3. The Labute approximate surface area is 91.5 Å². The lowest BCUT2D eigenvalue weighted by Crippen LogP contribution is -2.50. The van der Waals surface area contributed by atoms with E-state index in [9.17, 15) is 4.79 Å². The molecule has 1 fully saturated rings. The molecule has 0 saturated carbocycles. The maximum atomic E-state index is 11.3. The van der Waals surface area contributed by atoms with Crippen LogP contribution in [0.1, 0.15) is 6.92 Å². The summed E-state index contributed by atoms with van der Waals surface area (Å²) in [6.07, 6.45) is 3.56. The molecule has 0 aromatic rings. The molecule has 1 aliphatic rings. The first-order valence-corrected chi connectivity index (χ1v) is 5.21. The molecule has 0 aromatic carbocycles. The fraction of sp³-hybridized carbons (Fsp3) is 0.727. The van der Waals surface area contributed by atoms with Crippen molar-refractivity contribution in [1.82, 2.24) is 9.80 Å². The van der Waals surface area contributed by atoms with Gasteiger partial charge in [-0.3, -0.25) is 9.69 Å². The molecule has 1 atom stereocenters. The van der Waals surface area contributed by atoms with Gasteiger partial charge in [0.2, 0.25) is 5.91 Å². The molecular formula is C11H20N2O2. The van der Waals surface area contributed by atoms with Crippen molar-refractivity contribution in [3.05, 3.63) is 12.2 Å². The second-order valence-electron chi connectivity index (χ2n) is 4.19. The largest absolute Gasteiger partial charge is 0.378 e. The smallest absolute Gasteiger partial charge is 0.245 e. The first-order chi connectivity index (χ1) is 7.02. The van der Waals surface area contributed by atoms with Gasteiger partial charge in [-0.05, 0) is 14.0 Å². The third-order valence-corrected chi connectivity index (χ3v) is 2.80. The summed E-state index contributed by atoms with van der Waals surface area (Å²) in [6, 6.07) is 0.766. The van der Waals surface area contributed by atoms with Gasteiger partial charge in [-0.15, -0.1) is 0 Å². The van der Waals surface area contributed by atoms with Gasteiger partial charge >= 0.3 is 0 Å². The SMILES string of the molecule is CC(C=CC(=O)N(C)C)N(C)C1COC1. The number of hydrogen-bond donors (Lipinski definition) is 0. The molecule has 4 heteroatoms. The maximum Gasteiger partial charge on any atom is 0.245 e. The summed E-state index contributed by atoms with van der Waals surface area (Å²) >= 11 is 0. The molecule has 0 aliphatic carbocycles. The van der Waals surface area contributed by atoms with Crippen molar-refractivity contribution in [2.45, 2.75) is 19.0 Å². The van der Waals surface area contributed by atoms with Gasteiger partial charge in [0.15, 0.2) is 0 Å². The minimum atomic E-state index is 0.0279. The lowest BCUT2D eigenvalue weighted by atomic mass is 10.1. The van der Waals surface area contributed by atoms with Crippen LogP contribution in [-0.4, -0.2) is 62.1 Å². The minimum Gasteiger partial charge on any atom is -0.378 e. The van der Waals surface area contributed by atoms with Gasteiger partial charge in [-0.2, -0.15) is 0 Å². The van der Waals surface area contributed by atoms with Gasteiger partial charge in [0, 0.05) is 26.2 Å². The molecule has 1 rings (SSSR count). The van der Waals surface area contributed by atoms with Crippen molar-refractivity contribution in [3.8, 4) is 0 Å². The van der Waals surface area contributed by atoms with E-state index in [1.54, 1.807) is 25.1 Å². The highest BCUT2D eigenvalue weighted by molar-refractivity contribution is 5.87. The van der Waals surface area contributed by atoms with Crippen molar-refractivity contribution in [2.75, 3.05) is 34.4 Å². The van der Waals surface area contributed by atoms with Crippen molar-refractivity contribution in [1.29, 1.82) is 0 Å². The third kappa shape index (κ3) is 3.32. The Balaban J connectivity index is 2.39. The van der Waals surface area contributed by atoms with Gasteiger partial charge < -0.3 is 9.64 Å². The van der Waals surface area contributed by atoms with Crippen LogP contribution in [0, 0.1) is 0 Å². The number of ether oxygens (including phenoxy) is 1. The van der Waals surface area contributed by atoms with Crippen molar-refractivity contribution in [2.24, 2.45) is 0 Å². The molecule has 0 spiro atoms. The molecule has 0 bridgehead atoms. The molecule has 15 heavy (non-hydrogen) atoms. The van der Waals surface area contributed by atoms with Gasteiger partial charge in [0.1, 0.15) is 0 Å².